The molecule has 3 nitrogen and oxygen atoms in total. The van der Waals surface area contributed by atoms with Gasteiger partial charge in [0, 0.05) is 24.5 Å². The molecule has 16 heavy (non-hydrogen) atoms. The summed E-state index contributed by atoms with van der Waals surface area (Å²) in [4.78, 5) is 4.30. The smallest absolute Gasteiger partial charge is 0.0404 e. The number of hydrogen-bond donors (Lipinski definition) is 2. The molecule has 3 heteroatoms. The second-order valence-corrected chi connectivity index (χ2v) is 4.09. The molecule has 0 aromatic carbocycles. The molecule has 1 heterocycles. The summed E-state index contributed by atoms with van der Waals surface area (Å²) in [6.45, 7) is 7.49. The Morgan fingerprint density at radius 1 is 1.38 bits per heavy atom. The highest BCUT2D eigenvalue weighted by Gasteiger charge is 1.99. The maximum Gasteiger partial charge on any atom is 0.0404 e. The first kappa shape index (κ1) is 13.1. The monoisotopic (exact) mass is 221 g/mol. The van der Waals surface area contributed by atoms with Crippen LogP contribution < -0.4 is 10.6 Å². The fourth-order valence-electron chi connectivity index (χ4n) is 1.60. The third kappa shape index (κ3) is 5.83. The molecular weight excluding hydrogens is 198 g/mol. The lowest BCUT2D eigenvalue weighted by Crippen LogP contribution is -2.36. The number of likely N-dealkylation sites (N-methyl/N-ethyl adjacent to an activating group) is 1. The van der Waals surface area contributed by atoms with E-state index < -0.39 is 0 Å². The summed E-state index contributed by atoms with van der Waals surface area (Å²) >= 11 is 0. The van der Waals surface area contributed by atoms with E-state index in [1.807, 2.05) is 18.3 Å². The fraction of sp³-hybridized carbons (Fsp3) is 0.615. The molecule has 0 aliphatic heterocycles. The number of hydrogen-bond acceptors (Lipinski definition) is 3. The highest BCUT2D eigenvalue weighted by Crippen LogP contribution is 1.97. The predicted molar refractivity (Wildman–Crippen MR) is 68.6 cm³/mol. The van der Waals surface area contributed by atoms with Crippen LogP contribution in [0.4, 0.5) is 0 Å². The maximum absolute atomic E-state index is 4.30. The Bertz CT molecular complexity index is 261. The highest BCUT2D eigenvalue weighted by atomic mass is 15.0. The van der Waals surface area contributed by atoms with Crippen LogP contribution in [-0.2, 0) is 6.42 Å². The van der Waals surface area contributed by atoms with E-state index >= 15 is 0 Å². The molecule has 0 fully saturated rings. The van der Waals surface area contributed by atoms with Gasteiger partial charge in [-0.2, -0.15) is 0 Å². The first-order chi connectivity index (χ1) is 7.83. The standard InChI is InChI=1S/C13H23N3/c1-3-14-11-12(2)15-10-6-8-13-7-4-5-9-16-13/h4-5,7,9,12,14-15H,3,6,8,10-11H2,1-2H3. The molecule has 90 valence electrons. The minimum Gasteiger partial charge on any atom is -0.315 e. The van der Waals surface area contributed by atoms with Gasteiger partial charge in [-0.15, -0.1) is 0 Å². The minimum absolute atomic E-state index is 0.545. The summed E-state index contributed by atoms with van der Waals surface area (Å²) < 4.78 is 0. The maximum atomic E-state index is 4.30. The molecule has 0 bridgehead atoms. The van der Waals surface area contributed by atoms with Gasteiger partial charge in [0.05, 0.1) is 0 Å². The molecule has 0 saturated carbocycles. The van der Waals surface area contributed by atoms with Crippen LogP contribution in [0.25, 0.3) is 0 Å². The molecule has 0 aliphatic rings. The van der Waals surface area contributed by atoms with Crippen LogP contribution in [0, 0.1) is 0 Å². The van der Waals surface area contributed by atoms with Gasteiger partial charge < -0.3 is 10.6 Å². The van der Waals surface area contributed by atoms with Gasteiger partial charge in [-0.1, -0.05) is 13.0 Å². The molecule has 0 aliphatic carbocycles. The van der Waals surface area contributed by atoms with E-state index in [-0.39, 0.29) is 0 Å². The quantitative estimate of drug-likeness (QED) is 0.655. The van der Waals surface area contributed by atoms with Crippen LogP contribution in [0.3, 0.4) is 0 Å². The third-order valence-corrected chi connectivity index (χ3v) is 2.53. The van der Waals surface area contributed by atoms with Crippen molar-refractivity contribution in [1.29, 1.82) is 0 Å². The van der Waals surface area contributed by atoms with Crippen molar-refractivity contribution < 1.29 is 0 Å². The average Bonchev–Trinajstić information content (AvgIpc) is 2.33. The van der Waals surface area contributed by atoms with Crippen LogP contribution in [0.5, 0.6) is 0 Å². The summed E-state index contributed by atoms with van der Waals surface area (Å²) in [7, 11) is 0. The second-order valence-electron chi connectivity index (χ2n) is 4.09. The Labute approximate surface area is 98.7 Å². The molecule has 1 rings (SSSR count). The molecule has 0 amide bonds. The Balaban J connectivity index is 2.03. The van der Waals surface area contributed by atoms with Gasteiger partial charge in [-0.05, 0) is 45.0 Å². The number of nitrogens with one attached hydrogen (secondary N) is 2. The Morgan fingerprint density at radius 2 is 2.25 bits per heavy atom. The number of aromatic nitrogens is 1. The van der Waals surface area contributed by atoms with Gasteiger partial charge in [0.25, 0.3) is 0 Å². The molecule has 1 aromatic heterocycles. The fourth-order valence-corrected chi connectivity index (χ4v) is 1.60. The van der Waals surface area contributed by atoms with Gasteiger partial charge >= 0.3 is 0 Å². The topological polar surface area (TPSA) is 37.0 Å². The summed E-state index contributed by atoms with van der Waals surface area (Å²) in [5.74, 6) is 0. The van der Waals surface area contributed by atoms with E-state index in [0.717, 1.165) is 32.5 Å². The number of aryl methyl sites for hydroxylation is 1. The van der Waals surface area contributed by atoms with Crippen LogP contribution in [0.2, 0.25) is 0 Å². The van der Waals surface area contributed by atoms with Crippen LogP contribution in [-0.4, -0.2) is 30.7 Å². The lowest BCUT2D eigenvalue weighted by molar-refractivity contribution is 0.502. The van der Waals surface area contributed by atoms with Crippen LogP contribution >= 0.6 is 0 Å². The number of pyridine rings is 1. The third-order valence-electron chi connectivity index (χ3n) is 2.53. The highest BCUT2D eigenvalue weighted by molar-refractivity contribution is 5.03. The Morgan fingerprint density at radius 3 is 2.94 bits per heavy atom. The van der Waals surface area contributed by atoms with Crippen molar-refractivity contribution in [3.63, 3.8) is 0 Å². The van der Waals surface area contributed by atoms with E-state index in [1.165, 1.54) is 5.69 Å². The SMILES string of the molecule is CCNCC(C)NCCCc1ccccn1. The average molecular weight is 221 g/mol. The van der Waals surface area contributed by atoms with Gasteiger partial charge in [0.15, 0.2) is 0 Å². The van der Waals surface area contributed by atoms with Crippen molar-refractivity contribution in [2.24, 2.45) is 0 Å². The van der Waals surface area contributed by atoms with E-state index in [1.54, 1.807) is 0 Å². The van der Waals surface area contributed by atoms with Crippen LogP contribution in [0.15, 0.2) is 24.4 Å². The molecule has 1 aromatic rings. The molecule has 0 spiro atoms. The van der Waals surface area contributed by atoms with Gasteiger partial charge in [0.1, 0.15) is 0 Å². The van der Waals surface area contributed by atoms with Gasteiger partial charge in [-0.25, -0.2) is 0 Å². The number of rotatable bonds is 8. The molecular formula is C13H23N3. The van der Waals surface area contributed by atoms with E-state index in [9.17, 15) is 0 Å². The predicted octanol–water partition coefficient (Wildman–Crippen LogP) is 1.60. The zero-order valence-corrected chi connectivity index (χ0v) is 10.4. The van der Waals surface area contributed by atoms with Gasteiger partial charge in [0.2, 0.25) is 0 Å². The van der Waals surface area contributed by atoms with Crippen LogP contribution in [0.1, 0.15) is 26.0 Å². The first-order valence-corrected chi connectivity index (χ1v) is 6.17. The molecule has 2 N–H and O–H groups in total. The lowest BCUT2D eigenvalue weighted by atomic mass is 10.2. The van der Waals surface area contributed by atoms with E-state index in [0.29, 0.717) is 6.04 Å². The van der Waals surface area contributed by atoms with Crippen molar-refractivity contribution in [1.82, 2.24) is 15.6 Å². The van der Waals surface area contributed by atoms with Gasteiger partial charge in [-0.3, -0.25) is 4.98 Å². The summed E-state index contributed by atoms with van der Waals surface area (Å²) in [6, 6.07) is 6.63. The Hall–Kier alpha value is -0.930. The summed E-state index contributed by atoms with van der Waals surface area (Å²) in [5, 5.41) is 6.83. The summed E-state index contributed by atoms with van der Waals surface area (Å²) in [5.41, 5.74) is 1.18. The molecule has 0 saturated heterocycles. The second kappa shape index (κ2) is 8.25. The molecule has 1 atom stereocenters. The Kier molecular flexibility index (Phi) is 6.77. The first-order valence-electron chi connectivity index (χ1n) is 6.17. The molecule has 0 radical (unpaired) electrons. The largest absolute Gasteiger partial charge is 0.315 e. The van der Waals surface area contributed by atoms with Crippen molar-refractivity contribution in [2.75, 3.05) is 19.6 Å². The van der Waals surface area contributed by atoms with E-state index in [2.05, 4.69) is 35.5 Å². The van der Waals surface area contributed by atoms with Crippen molar-refractivity contribution in [3.05, 3.63) is 30.1 Å². The molecule has 1 unspecified atom stereocenters. The van der Waals surface area contributed by atoms with Crippen molar-refractivity contribution in [2.45, 2.75) is 32.7 Å². The van der Waals surface area contributed by atoms with Crippen molar-refractivity contribution >= 4 is 0 Å². The normalized spacial score (nSPS) is 12.6. The zero-order chi connectivity index (χ0) is 11.6. The lowest BCUT2D eigenvalue weighted by Gasteiger charge is -2.13. The summed E-state index contributed by atoms with van der Waals surface area (Å²) in [6.07, 6.45) is 4.06. The zero-order valence-electron chi connectivity index (χ0n) is 10.4. The minimum atomic E-state index is 0.545. The number of nitrogens with zero attached hydrogens (tertiary/aromatic N) is 1. The van der Waals surface area contributed by atoms with Crippen molar-refractivity contribution in [3.8, 4) is 0 Å². The van der Waals surface area contributed by atoms with E-state index in [4.69, 9.17) is 0 Å².